The van der Waals surface area contributed by atoms with Crippen LogP contribution < -0.4 is 16.4 Å². The molecule has 1 saturated heterocycles. The summed E-state index contributed by atoms with van der Waals surface area (Å²) in [5.41, 5.74) is 5.48. The molecule has 0 aliphatic carbocycles. The van der Waals surface area contributed by atoms with Crippen molar-refractivity contribution in [2.45, 2.75) is 44.0 Å². The molecule has 1 aliphatic rings. The fourth-order valence-electron chi connectivity index (χ4n) is 2.49. The molecule has 7 N–H and O–H groups in total. The molecular weight excluding hydrogens is 336 g/mol. The van der Waals surface area contributed by atoms with Gasteiger partial charge in [-0.25, -0.2) is 4.79 Å². The van der Waals surface area contributed by atoms with Crippen LogP contribution >= 0.6 is 0 Å². The molecule has 0 spiro atoms. The lowest BCUT2D eigenvalue weighted by atomic mass is 10.2. The van der Waals surface area contributed by atoms with E-state index >= 15 is 0 Å². The van der Waals surface area contributed by atoms with Crippen molar-refractivity contribution in [3.63, 3.8) is 0 Å². The Bertz CT molecular complexity index is 525. The van der Waals surface area contributed by atoms with Gasteiger partial charge in [0.05, 0.1) is 19.3 Å². The maximum absolute atomic E-state index is 12.2. The first-order chi connectivity index (χ1) is 11.7. The summed E-state index contributed by atoms with van der Waals surface area (Å²) >= 11 is 0. The van der Waals surface area contributed by atoms with Crippen LogP contribution in [0.3, 0.4) is 0 Å². The SMILES string of the molecule is CC(O)C(NC(=O)CNC(=O)C1CCCN1C(=O)C(N)CO)C(=O)O. The summed E-state index contributed by atoms with van der Waals surface area (Å²) in [6.07, 6.45) is -0.333. The summed E-state index contributed by atoms with van der Waals surface area (Å²) in [7, 11) is 0. The number of aliphatic hydroxyl groups excluding tert-OH is 2. The van der Waals surface area contributed by atoms with Gasteiger partial charge < -0.3 is 36.6 Å². The molecule has 0 saturated carbocycles. The Hall–Kier alpha value is -2.24. The molecular formula is C14H24N4O7. The summed E-state index contributed by atoms with van der Waals surface area (Å²) in [5, 5.41) is 31.5. The van der Waals surface area contributed by atoms with Crippen LogP contribution in [-0.4, -0.2) is 87.8 Å². The van der Waals surface area contributed by atoms with E-state index < -0.39 is 61.1 Å². The predicted octanol–water partition coefficient (Wildman–Crippen LogP) is -3.64. The first kappa shape index (κ1) is 20.8. The quantitative estimate of drug-likeness (QED) is 0.256. The van der Waals surface area contributed by atoms with Gasteiger partial charge in [0.15, 0.2) is 6.04 Å². The van der Waals surface area contributed by atoms with Gasteiger partial charge in [-0.05, 0) is 19.8 Å². The highest BCUT2D eigenvalue weighted by atomic mass is 16.4. The molecule has 4 atom stereocenters. The van der Waals surface area contributed by atoms with E-state index in [1.165, 1.54) is 11.8 Å². The second-order valence-electron chi connectivity index (χ2n) is 5.82. The van der Waals surface area contributed by atoms with Crippen LogP contribution in [-0.2, 0) is 19.2 Å². The Morgan fingerprint density at radius 3 is 2.48 bits per heavy atom. The Kier molecular flexibility index (Phi) is 7.74. The fourth-order valence-corrected chi connectivity index (χ4v) is 2.49. The van der Waals surface area contributed by atoms with Crippen molar-refractivity contribution < 1.29 is 34.5 Å². The minimum Gasteiger partial charge on any atom is -0.480 e. The number of nitrogens with zero attached hydrogens (tertiary/aromatic N) is 1. The van der Waals surface area contributed by atoms with Crippen molar-refractivity contribution in [3.05, 3.63) is 0 Å². The van der Waals surface area contributed by atoms with E-state index in [1.807, 2.05) is 0 Å². The summed E-state index contributed by atoms with van der Waals surface area (Å²) in [6, 6.07) is -3.40. The number of aliphatic hydroxyl groups is 2. The molecule has 25 heavy (non-hydrogen) atoms. The minimum atomic E-state index is -1.49. The van der Waals surface area contributed by atoms with Gasteiger partial charge in [-0.1, -0.05) is 0 Å². The number of carbonyl (C=O) groups excluding carboxylic acids is 3. The largest absolute Gasteiger partial charge is 0.480 e. The molecule has 1 heterocycles. The number of aliphatic carboxylic acids is 1. The second kappa shape index (κ2) is 9.30. The van der Waals surface area contributed by atoms with E-state index in [9.17, 15) is 24.3 Å². The predicted molar refractivity (Wildman–Crippen MR) is 84.1 cm³/mol. The van der Waals surface area contributed by atoms with E-state index in [2.05, 4.69) is 10.6 Å². The average Bonchev–Trinajstić information content (AvgIpc) is 3.05. The van der Waals surface area contributed by atoms with Gasteiger partial charge in [-0.15, -0.1) is 0 Å². The van der Waals surface area contributed by atoms with Crippen molar-refractivity contribution in [1.29, 1.82) is 0 Å². The summed E-state index contributed by atoms with van der Waals surface area (Å²) < 4.78 is 0. The molecule has 0 bridgehead atoms. The number of nitrogens with two attached hydrogens (primary N) is 1. The number of carboxylic acid groups (broad SMARTS) is 1. The summed E-state index contributed by atoms with van der Waals surface area (Å²) in [5.74, 6) is -3.32. The molecule has 3 amide bonds. The van der Waals surface area contributed by atoms with Crippen LogP contribution in [0.1, 0.15) is 19.8 Å². The molecule has 1 fully saturated rings. The lowest BCUT2D eigenvalue weighted by Gasteiger charge is -2.26. The highest BCUT2D eigenvalue weighted by molar-refractivity contribution is 5.93. The molecule has 0 aromatic carbocycles. The van der Waals surface area contributed by atoms with Gasteiger partial charge in [0.2, 0.25) is 17.7 Å². The first-order valence-corrected chi connectivity index (χ1v) is 7.83. The molecule has 11 nitrogen and oxygen atoms in total. The van der Waals surface area contributed by atoms with Crippen molar-refractivity contribution in [2.75, 3.05) is 19.7 Å². The smallest absolute Gasteiger partial charge is 0.328 e. The number of amides is 3. The number of nitrogens with one attached hydrogen (secondary N) is 2. The van der Waals surface area contributed by atoms with Gasteiger partial charge in [-0.2, -0.15) is 0 Å². The Morgan fingerprint density at radius 1 is 1.32 bits per heavy atom. The first-order valence-electron chi connectivity index (χ1n) is 7.83. The van der Waals surface area contributed by atoms with Crippen molar-refractivity contribution >= 4 is 23.7 Å². The normalized spacial score (nSPS) is 20.5. The summed E-state index contributed by atoms with van der Waals surface area (Å²) in [4.78, 5) is 48.1. The van der Waals surface area contributed by atoms with Crippen molar-refractivity contribution in [3.8, 4) is 0 Å². The third-order valence-corrected chi connectivity index (χ3v) is 3.84. The van der Waals surface area contributed by atoms with Crippen LogP contribution in [0.4, 0.5) is 0 Å². The maximum Gasteiger partial charge on any atom is 0.328 e. The van der Waals surface area contributed by atoms with E-state index in [0.717, 1.165) is 0 Å². The monoisotopic (exact) mass is 360 g/mol. The Labute approximate surface area is 144 Å². The highest BCUT2D eigenvalue weighted by Crippen LogP contribution is 2.18. The molecule has 4 unspecified atom stereocenters. The number of carboxylic acids is 1. The van der Waals surface area contributed by atoms with Gasteiger partial charge in [0.25, 0.3) is 0 Å². The van der Waals surface area contributed by atoms with Crippen LogP contribution in [0.5, 0.6) is 0 Å². The van der Waals surface area contributed by atoms with Gasteiger partial charge >= 0.3 is 5.97 Å². The maximum atomic E-state index is 12.2. The third-order valence-electron chi connectivity index (χ3n) is 3.84. The zero-order valence-corrected chi connectivity index (χ0v) is 13.8. The van der Waals surface area contributed by atoms with Crippen molar-refractivity contribution in [1.82, 2.24) is 15.5 Å². The minimum absolute atomic E-state index is 0.319. The van der Waals surface area contributed by atoms with Gasteiger partial charge in [-0.3, -0.25) is 14.4 Å². The van der Waals surface area contributed by atoms with Crippen molar-refractivity contribution in [2.24, 2.45) is 5.73 Å². The molecule has 1 rings (SSSR count). The third kappa shape index (κ3) is 5.66. The van der Waals surface area contributed by atoms with Gasteiger partial charge in [0, 0.05) is 6.54 Å². The molecule has 142 valence electrons. The average molecular weight is 360 g/mol. The van der Waals surface area contributed by atoms with Gasteiger partial charge in [0.1, 0.15) is 12.1 Å². The van der Waals surface area contributed by atoms with Crippen LogP contribution in [0, 0.1) is 0 Å². The lowest BCUT2D eigenvalue weighted by Crippen LogP contribution is -2.54. The summed E-state index contributed by atoms with van der Waals surface area (Å²) in [6.45, 7) is 0.492. The van der Waals surface area contributed by atoms with Crippen LogP contribution in [0.25, 0.3) is 0 Å². The molecule has 0 aromatic heterocycles. The molecule has 11 heteroatoms. The molecule has 0 radical (unpaired) electrons. The number of hydrogen-bond donors (Lipinski definition) is 6. The van der Waals surface area contributed by atoms with E-state index in [-0.39, 0.29) is 0 Å². The van der Waals surface area contributed by atoms with Crippen LogP contribution in [0.2, 0.25) is 0 Å². The zero-order chi connectivity index (χ0) is 19.1. The van der Waals surface area contributed by atoms with E-state index in [1.54, 1.807) is 0 Å². The van der Waals surface area contributed by atoms with E-state index in [4.69, 9.17) is 15.9 Å². The molecule has 0 aromatic rings. The number of hydrogen-bond acceptors (Lipinski definition) is 7. The Morgan fingerprint density at radius 2 is 1.96 bits per heavy atom. The fraction of sp³-hybridized carbons (Fsp3) is 0.714. The zero-order valence-electron chi connectivity index (χ0n) is 13.8. The topological polar surface area (TPSA) is 182 Å². The Balaban J connectivity index is 2.56. The highest BCUT2D eigenvalue weighted by Gasteiger charge is 2.36. The standard InChI is InChI=1S/C14H24N4O7/c1-7(20)11(14(24)25)17-10(21)5-16-12(22)9-3-2-4-18(9)13(23)8(15)6-19/h7-9,11,19-20H,2-6,15H2,1H3,(H,16,22)(H,17,21)(H,24,25). The van der Waals surface area contributed by atoms with E-state index in [0.29, 0.717) is 19.4 Å². The second-order valence-corrected chi connectivity index (χ2v) is 5.82. The number of carbonyl (C=O) groups is 4. The number of likely N-dealkylation sites (tertiary alicyclic amines) is 1. The number of rotatable bonds is 8. The van der Waals surface area contributed by atoms with Crippen LogP contribution in [0.15, 0.2) is 0 Å². The lowest BCUT2D eigenvalue weighted by molar-refractivity contribution is -0.145. The molecule has 1 aliphatic heterocycles.